The van der Waals surface area contributed by atoms with Crippen LogP contribution in [0.3, 0.4) is 0 Å². The fraction of sp³-hybridized carbons (Fsp3) is 0.882. The molecule has 0 rings (SSSR count). The molecule has 0 radical (unpaired) electrons. The molecule has 0 aromatic heterocycles. The van der Waals surface area contributed by atoms with Gasteiger partial charge in [-0.1, -0.05) is 20.8 Å². The molecular formula is C17H34N2O5. The number of hydrogen-bond donors (Lipinski definition) is 3. The van der Waals surface area contributed by atoms with E-state index in [0.29, 0.717) is 18.9 Å². The van der Waals surface area contributed by atoms with Crippen molar-refractivity contribution in [3.63, 3.8) is 0 Å². The number of rotatable bonds is 9. The monoisotopic (exact) mass is 346 g/mol. The number of aliphatic hydroxyl groups is 1. The summed E-state index contributed by atoms with van der Waals surface area (Å²) in [5.74, 6) is -0.299. The van der Waals surface area contributed by atoms with Gasteiger partial charge in [-0.15, -0.1) is 0 Å². The lowest BCUT2D eigenvalue weighted by Crippen LogP contribution is -2.51. The van der Waals surface area contributed by atoms with Crippen LogP contribution in [0.15, 0.2) is 0 Å². The number of ether oxygens (including phenoxy) is 2. The van der Waals surface area contributed by atoms with Crippen molar-refractivity contribution in [1.29, 1.82) is 0 Å². The lowest BCUT2D eigenvalue weighted by molar-refractivity contribution is -0.152. The van der Waals surface area contributed by atoms with Gasteiger partial charge in [-0.2, -0.15) is 0 Å². The van der Waals surface area contributed by atoms with Gasteiger partial charge in [-0.3, -0.25) is 0 Å². The second-order valence-electron chi connectivity index (χ2n) is 7.36. The third kappa shape index (κ3) is 9.72. The molecule has 0 aliphatic heterocycles. The van der Waals surface area contributed by atoms with Crippen LogP contribution < -0.4 is 10.6 Å². The number of amides is 1. The van der Waals surface area contributed by atoms with Gasteiger partial charge >= 0.3 is 12.1 Å². The zero-order valence-corrected chi connectivity index (χ0v) is 16.0. The smallest absolute Gasteiger partial charge is 0.407 e. The van der Waals surface area contributed by atoms with Crippen LogP contribution in [0.5, 0.6) is 0 Å². The highest BCUT2D eigenvalue weighted by Crippen LogP contribution is 2.10. The fourth-order valence-corrected chi connectivity index (χ4v) is 2.29. The molecule has 0 fully saturated rings. The molecule has 24 heavy (non-hydrogen) atoms. The number of esters is 1. The molecule has 1 amide bonds. The van der Waals surface area contributed by atoms with E-state index < -0.39 is 29.8 Å². The molecule has 0 aromatic carbocycles. The molecule has 3 N–H and O–H groups in total. The highest BCUT2D eigenvalue weighted by atomic mass is 16.6. The summed E-state index contributed by atoms with van der Waals surface area (Å²) in [7, 11) is 1.24. The number of hydrogen-bond acceptors (Lipinski definition) is 6. The normalized spacial score (nSPS) is 15.5. The SMILES string of the molecule is CCC(NCC(CC(C)C)NC(=O)OC(C)(C)C)C(O)C(=O)OC. The molecule has 142 valence electrons. The first-order chi connectivity index (χ1) is 11.0. The number of nitrogens with one attached hydrogen (secondary N) is 2. The van der Waals surface area contributed by atoms with Gasteiger partial charge in [0.05, 0.1) is 7.11 Å². The van der Waals surface area contributed by atoms with Gasteiger partial charge in [0.2, 0.25) is 0 Å². The lowest BCUT2D eigenvalue weighted by atomic mass is 10.0. The molecule has 0 saturated carbocycles. The Kier molecular flexibility index (Phi) is 9.92. The Morgan fingerprint density at radius 3 is 2.21 bits per heavy atom. The van der Waals surface area contributed by atoms with Crippen molar-refractivity contribution in [3.05, 3.63) is 0 Å². The van der Waals surface area contributed by atoms with E-state index in [-0.39, 0.29) is 6.04 Å². The Bertz CT molecular complexity index is 393. The Balaban J connectivity index is 4.71. The molecule has 7 nitrogen and oxygen atoms in total. The molecule has 3 unspecified atom stereocenters. The molecule has 0 aromatic rings. The van der Waals surface area contributed by atoms with E-state index in [1.165, 1.54) is 7.11 Å². The Morgan fingerprint density at radius 2 is 1.79 bits per heavy atom. The van der Waals surface area contributed by atoms with Crippen molar-refractivity contribution < 1.29 is 24.2 Å². The Labute approximate surface area is 145 Å². The maximum Gasteiger partial charge on any atom is 0.407 e. The number of carbonyl (C=O) groups is 2. The van der Waals surface area contributed by atoms with Gasteiger partial charge in [-0.25, -0.2) is 9.59 Å². The lowest BCUT2D eigenvalue weighted by Gasteiger charge is -2.27. The van der Waals surface area contributed by atoms with E-state index in [1.807, 2.05) is 27.7 Å². The Morgan fingerprint density at radius 1 is 1.21 bits per heavy atom. The molecule has 0 heterocycles. The third-order valence-corrected chi connectivity index (χ3v) is 3.37. The van der Waals surface area contributed by atoms with Crippen molar-refractivity contribution in [1.82, 2.24) is 10.6 Å². The van der Waals surface area contributed by atoms with Crippen molar-refractivity contribution in [2.45, 2.75) is 78.2 Å². The average molecular weight is 346 g/mol. The fourth-order valence-electron chi connectivity index (χ4n) is 2.29. The van der Waals surface area contributed by atoms with Crippen LogP contribution in [0, 0.1) is 5.92 Å². The molecular weight excluding hydrogens is 312 g/mol. The zero-order valence-electron chi connectivity index (χ0n) is 16.0. The highest BCUT2D eigenvalue weighted by Gasteiger charge is 2.27. The number of methoxy groups -OCH3 is 1. The predicted molar refractivity (Wildman–Crippen MR) is 92.7 cm³/mol. The van der Waals surface area contributed by atoms with Crippen LogP contribution in [0.25, 0.3) is 0 Å². The van der Waals surface area contributed by atoms with E-state index >= 15 is 0 Å². The van der Waals surface area contributed by atoms with Crippen LogP contribution in [0.1, 0.15) is 54.4 Å². The first-order valence-electron chi connectivity index (χ1n) is 8.48. The van der Waals surface area contributed by atoms with Gasteiger partial charge in [0.15, 0.2) is 6.10 Å². The zero-order chi connectivity index (χ0) is 18.9. The Hall–Kier alpha value is -1.34. The maximum atomic E-state index is 12.0. The minimum Gasteiger partial charge on any atom is -0.467 e. The summed E-state index contributed by atoms with van der Waals surface area (Å²) in [6.07, 6.45) is -0.411. The second-order valence-corrected chi connectivity index (χ2v) is 7.36. The third-order valence-electron chi connectivity index (χ3n) is 3.37. The molecule has 0 aliphatic carbocycles. The molecule has 3 atom stereocenters. The van der Waals surface area contributed by atoms with E-state index in [0.717, 1.165) is 6.42 Å². The quantitative estimate of drug-likeness (QED) is 0.551. The number of alkyl carbamates (subject to hydrolysis) is 1. The second kappa shape index (κ2) is 10.5. The molecule has 0 saturated heterocycles. The van der Waals surface area contributed by atoms with Gasteiger partial charge in [0.1, 0.15) is 5.60 Å². The molecule has 0 spiro atoms. The topological polar surface area (TPSA) is 96.9 Å². The standard InChI is InChI=1S/C17H34N2O5/c1-8-13(14(20)15(21)23-7)18-10-12(9-11(2)3)19-16(22)24-17(4,5)6/h11-14,18,20H,8-10H2,1-7H3,(H,19,22). The van der Waals surface area contributed by atoms with Gasteiger partial charge in [0.25, 0.3) is 0 Å². The average Bonchev–Trinajstić information content (AvgIpc) is 2.43. The van der Waals surface area contributed by atoms with Crippen LogP contribution in [0.2, 0.25) is 0 Å². The van der Waals surface area contributed by atoms with Crippen molar-refractivity contribution in [2.75, 3.05) is 13.7 Å². The summed E-state index contributed by atoms with van der Waals surface area (Å²) >= 11 is 0. The van der Waals surface area contributed by atoms with Crippen molar-refractivity contribution in [3.8, 4) is 0 Å². The van der Waals surface area contributed by atoms with Crippen molar-refractivity contribution in [2.24, 2.45) is 5.92 Å². The van der Waals surface area contributed by atoms with E-state index in [4.69, 9.17) is 4.74 Å². The highest BCUT2D eigenvalue weighted by molar-refractivity contribution is 5.75. The first-order valence-corrected chi connectivity index (χ1v) is 8.48. The van der Waals surface area contributed by atoms with Crippen LogP contribution in [-0.4, -0.2) is 54.6 Å². The van der Waals surface area contributed by atoms with Gasteiger partial charge in [-0.05, 0) is 39.5 Å². The van der Waals surface area contributed by atoms with Crippen LogP contribution in [0.4, 0.5) is 4.79 Å². The molecule has 0 bridgehead atoms. The largest absolute Gasteiger partial charge is 0.467 e. The minimum atomic E-state index is -1.23. The van der Waals surface area contributed by atoms with E-state index in [1.54, 1.807) is 0 Å². The summed E-state index contributed by atoms with van der Waals surface area (Å²) in [6.45, 7) is 11.8. The summed E-state index contributed by atoms with van der Waals surface area (Å²) < 4.78 is 9.85. The van der Waals surface area contributed by atoms with Gasteiger partial charge < -0.3 is 25.2 Å². The summed E-state index contributed by atoms with van der Waals surface area (Å²) in [5.41, 5.74) is -0.563. The van der Waals surface area contributed by atoms with Crippen molar-refractivity contribution >= 4 is 12.1 Å². The summed E-state index contributed by atoms with van der Waals surface area (Å²) in [4.78, 5) is 23.4. The van der Waals surface area contributed by atoms with Crippen LogP contribution in [-0.2, 0) is 14.3 Å². The maximum absolute atomic E-state index is 12.0. The first kappa shape index (κ1) is 22.7. The van der Waals surface area contributed by atoms with E-state index in [9.17, 15) is 14.7 Å². The van der Waals surface area contributed by atoms with E-state index in [2.05, 4.69) is 29.2 Å². The van der Waals surface area contributed by atoms with Gasteiger partial charge in [0, 0.05) is 18.6 Å². The van der Waals surface area contributed by atoms with Crippen LogP contribution >= 0.6 is 0 Å². The molecule has 7 heteroatoms. The minimum absolute atomic E-state index is 0.168. The number of aliphatic hydroxyl groups excluding tert-OH is 1. The molecule has 0 aliphatic rings. The predicted octanol–water partition coefficient (Wildman–Crippen LogP) is 1.83. The number of carbonyl (C=O) groups excluding carboxylic acids is 2. The summed E-state index contributed by atoms with van der Waals surface area (Å²) in [5, 5.41) is 15.9. The summed E-state index contributed by atoms with van der Waals surface area (Å²) in [6, 6.07) is -0.605.